The fourth-order valence-corrected chi connectivity index (χ4v) is 3.80. The molecule has 0 bridgehead atoms. The van der Waals surface area contributed by atoms with Gasteiger partial charge in [0.25, 0.3) is 5.91 Å². The van der Waals surface area contributed by atoms with E-state index in [9.17, 15) is 9.59 Å². The third-order valence-electron chi connectivity index (χ3n) is 5.54. The number of hydrogen-bond donors (Lipinski definition) is 0. The van der Waals surface area contributed by atoms with E-state index in [1.165, 1.54) is 12.2 Å². The Kier molecular flexibility index (Phi) is 7.26. The van der Waals surface area contributed by atoms with Gasteiger partial charge in [-0.3, -0.25) is 14.5 Å². The number of rotatable bonds is 5. The van der Waals surface area contributed by atoms with Crippen LogP contribution in [-0.4, -0.2) is 79.9 Å². The molecule has 1 unspecified atom stereocenters. The van der Waals surface area contributed by atoms with Crippen LogP contribution in [0.3, 0.4) is 0 Å². The Balaban J connectivity index is 1.84. The van der Waals surface area contributed by atoms with Crippen molar-refractivity contribution in [1.29, 1.82) is 0 Å². The summed E-state index contributed by atoms with van der Waals surface area (Å²) in [6, 6.07) is 11.3. The zero-order valence-corrected chi connectivity index (χ0v) is 19.8. The van der Waals surface area contributed by atoms with Gasteiger partial charge in [0.2, 0.25) is 0 Å². The van der Waals surface area contributed by atoms with Gasteiger partial charge in [0.05, 0.1) is 14.2 Å². The van der Waals surface area contributed by atoms with Gasteiger partial charge >= 0.3 is 6.09 Å². The fourth-order valence-electron chi connectivity index (χ4n) is 3.80. The summed E-state index contributed by atoms with van der Waals surface area (Å²) in [4.78, 5) is 34.6. The number of ether oxygens (including phenoxy) is 2. The molecule has 174 valence electrons. The summed E-state index contributed by atoms with van der Waals surface area (Å²) < 4.78 is 10.8. The molecule has 0 saturated carbocycles. The quantitative estimate of drug-likeness (QED) is 0.659. The molecule has 0 radical (unpaired) electrons. The lowest BCUT2D eigenvalue weighted by atomic mass is 9.99. The van der Waals surface area contributed by atoms with Gasteiger partial charge < -0.3 is 14.4 Å². The highest BCUT2D eigenvalue weighted by atomic mass is 16.7. The second-order valence-corrected chi connectivity index (χ2v) is 8.90. The molecule has 32 heavy (non-hydrogen) atoms. The average Bonchev–Trinajstić information content (AvgIpc) is 2.77. The number of nitrogens with zero attached hydrogens (tertiary/aromatic N) is 3. The first-order valence-corrected chi connectivity index (χ1v) is 10.7. The number of likely N-dealkylation sites (N-methyl/N-ethyl adjacent to an activating group) is 1. The molecule has 1 fully saturated rings. The van der Waals surface area contributed by atoms with Crippen molar-refractivity contribution in [2.45, 2.75) is 32.4 Å². The highest BCUT2D eigenvalue weighted by molar-refractivity contribution is 5.88. The van der Waals surface area contributed by atoms with Crippen LogP contribution >= 0.6 is 0 Å². The molecule has 2 aromatic carbocycles. The number of benzene rings is 2. The monoisotopic (exact) mass is 443 g/mol. The summed E-state index contributed by atoms with van der Waals surface area (Å²) in [5.74, 6) is 0.626. The Labute approximate surface area is 189 Å². The van der Waals surface area contributed by atoms with E-state index in [0.29, 0.717) is 26.2 Å². The van der Waals surface area contributed by atoms with Crippen molar-refractivity contribution >= 4 is 22.8 Å². The summed E-state index contributed by atoms with van der Waals surface area (Å²) in [5.41, 5.74) is 0.337. The zero-order valence-electron chi connectivity index (χ0n) is 19.8. The molecule has 0 spiro atoms. The summed E-state index contributed by atoms with van der Waals surface area (Å²) >= 11 is 0. The molecule has 1 saturated heterocycles. The molecule has 3 rings (SSSR count). The van der Waals surface area contributed by atoms with Crippen LogP contribution in [0.5, 0.6) is 5.75 Å². The molecular weight excluding hydrogens is 410 g/mol. The molecule has 1 atom stereocenters. The molecule has 1 aliphatic rings. The molecule has 0 aromatic heterocycles. The summed E-state index contributed by atoms with van der Waals surface area (Å²) in [6.45, 7) is 7.63. The second kappa shape index (κ2) is 9.75. The zero-order chi connectivity index (χ0) is 23.5. The normalized spacial score (nSPS) is 16.0. The second-order valence-electron chi connectivity index (χ2n) is 8.90. The minimum Gasteiger partial charge on any atom is -0.497 e. The van der Waals surface area contributed by atoms with Crippen LogP contribution in [0.25, 0.3) is 10.8 Å². The maximum atomic E-state index is 13.2. The predicted octanol–water partition coefficient (Wildman–Crippen LogP) is 3.46. The van der Waals surface area contributed by atoms with Gasteiger partial charge in [0.15, 0.2) is 0 Å². The minimum absolute atomic E-state index is 0.161. The van der Waals surface area contributed by atoms with Gasteiger partial charge in [-0.1, -0.05) is 18.2 Å². The predicted molar refractivity (Wildman–Crippen MR) is 122 cm³/mol. The average molecular weight is 444 g/mol. The van der Waals surface area contributed by atoms with Crippen molar-refractivity contribution < 1.29 is 23.9 Å². The number of hydrogen-bond acceptors (Lipinski definition) is 6. The molecular formula is C24H33N3O5. The fraction of sp³-hybridized carbons (Fsp3) is 0.500. The Morgan fingerprint density at radius 3 is 2.19 bits per heavy atom. The van der Waals surface area contributed by atoms with Crippen molar-refractivity contribution in [3.63, 3.8) is 0 Å². The van der Waals surface area contributed by atoms with Crippen LogP contribution in [0.4, 0.5) is 4.79 Å². The SMILES string of the molecule is COc1ccc2cc(C(C(=O)N(C)OC)N3CCN(C(=O)OC(C)(C)C)CC3)ccc2c1. The Morgan fingerprint density at radius 2 is 1.59 bits per heavy atom. The lowest BCUT2D eigenvalue weighted by molar-refractivity contribution is -0.175. The lowest BCUT2D eigenvalue weighted by Gasteiger charge is -2.39. The number of amides is 2. The van der Waals surface area contributed by atoms with Crippen molar-refractivity contribution in [3.05, 3.63) is 42.0 Å². The first kappa shape index (κ1) is 23.8. The number of piperazine rings is 1. The van der Waals surface area contributed by atoms with E-state index in [4.69, 9.17) is 14.3 Å². The largest absolute Gasteiger partial charge is 0.497 e. The molecule has 0 aliphatic carbocycles. The van der Waals surface area contributed by atoms with Crippen molar-refractivity contribution in [2.75, 3.05) is 47.4 Å². The summed E-state index contributed by atoms with van der Waals surface area (Å²) in [7, 11) is 4.72. The van der Waals surface area contributed by atoms with Gasteiger partial charge in [0.1, 0.15) is 17.4 Å². The molecule has 2 aromatic rings. The highest BCUT2D eigenvalue weighted by Crippen LogP contribution is 2.29. The van der Waals surface area contributed by atoms with Crippen LogP contribution < -0.4 is 4.74 Å². The Hall–Kier alpha value is -2.84. The molecule has 8 nitrogen and oxygen atoms in total. The lowest BCUT2D eigenvalue weighted by Crippen LogP contribution is -2.53. The van der Waals surface area contributed by atoms with E-state index >= 15 is 0 Å². The topological polar surface area (TPSA) is 71.5 Å². The minimum atomic E-state index is -0.540. The number of methoxy groups -OCH3 is 1. The van der Waals surface area contributed by atoms with E-state index < -0.39 is 11.6 Å². The third kappa shape index (κ3) is 5.49. The van der Waals surface area contributed by atoms with E-state index in [-0.39, 0.29) is 12.0 Å². The van der Waals surface area contributed by atoms with E-state index in [1.54, 1.807) is 19.1 Å². The standard InChI is InChI=1S/C24H33N3O5/c1-24(2,3)32-23(29)27-13-11-26(12-14-27)21(22(28)25(4)31-6)19-8-7-18-16-20(30-5)10-9-17(18)15-19/h7-10,15-16,21H,11-14H2,1-6H3. The molecule has 8 heteroatoms. The van der Waals surface area contributed by atoms with Crippen LogP contribution in [0, 0.1) is 0 Å². The van der Waals surface area contributed by atoms with E-state index in [0.717, 1.165) is 22.1 Å². The van der Waals surface area contributed by atoms with Crippen LogP contribution in [0.2, 0.25) is 0 Å². The van der Waals surface area contributed by atoms with Crippen molar-refractivity contribution in [3.8, 4) is 5.75 Å². The van der Waals surface area contributed by atoms with Gasteiger partial charge in [-0.05, 0) is 55.3 Å². The first-order valence-electron chi connectivity index (χ1n) is 10.7. The summed E-state index contributed by atoms with van der Waals surface area (Å²) in [6.07, 6.45) is -0.325. The molecule has 1 aliphatic heterocycles. The van der Waals surface area contributed by atoms with E-state index in [2.05, 4.69) is 4.90 Å². The Morgan fingerprint density at radius 1 is 0.969 bits per heavy atom. The molecule has 0 N–H and O–H groups in total. The number of fused-ring (bicyclic) bond motifs is 1. The van der Waals surface area contributed by atoms with Crippen molar-refractivity contribution in [1.82, 2.24) is 14.9 Å². The third-order valence-corrected chi connectivity index (χ3v) is 5.54. The van der Waals surface area contributed by atoms with Crippen LogP contribution in [0.15, 0.2) is 36.4 Å². The maximum absolute atomic E-state index is 13.2. The summed E-state index contributed by atoms with van der Waals surface area (Å²) in [5, 5.41) is 3.31. The van der Waals surface area contributed by atoms with Gasteiger partial charge in [-0.2, -0.15) is 0 Å². The van der Waals surface area contributed by atoms with Gasteiger partial charge in [-0.25, -0.2) is 9.86 Å². The maximum Gasteiger partial charge on any atom is 0.410 e. The molecule has 2 amide bonds. The van der Waals surface area contributed by atoms with Crippen LogP contribution in [0.1, 0.15) is 32.4 Å². The van der Waals surface area contributed by atoms with E-state index in [1.807, 2.05) is 57.2 Å². The Bertz CT molecular complexity index is 964. The van der Waals surface area contributed by atoms with Gasteiger partial charge in [0, 0.05) is 33.2 Å². The highest BCUT2D eigenvalue weighted by Gasteiger charge is 2.34. The number of hydroxylamine groups is 2. The smallest absolute Gasteiger partial charge is 0.410 e. The number of carbonyl (C=O) groups is 2. The van der Waals surface area contributed by atoms with Crippen molar-refractivity contribution in [2.24, 2.45) is 0 Å². The van der Waals surface area contributed by atoms with Crippen LogP contribution in [-0.2, 0) is 14.4 Å². The number of carbonyl (C=O) groups excluding carboxylic acids is 2. The first-order chi connectivity index (χ1) is 15.1. The molecule has 1 heterocycles. The van der Waals surface area contributed by atoms with Gasteiger partial charge in [-0.15, -0.1) is 0 Å².